The maximum absolute atomic E-state index is 3.88. The lowest BCUT2D eigenvalue weighted by molar-refractivity contribution is 0.422. The Bertz CT molecular complexity index is 163. The maximum atomic E-state index is 3.88. The van der Waals surface area contributed by atoms with Crippen molar-refractivity contribution in [2.24, 2.45) is 11.8 Å². The lowest BCUT2D eigenvalue weighted by atomic mass is 9.90. The van der Waals surface area contributed by atoms with Crippen molar-refractivity contribution in [1.82, 2.24) is 0 Å². The Labute approximate surface area is 83.7 Å². The van der Waals surface area contributed by atoms with Crippen LogP contribution in [0.5, 0.6) is 0 Å². The van der Waals surface area contributed by atoms with Crippen molar-refractivity contribution in [2.45, 2.75) is 47.0 Å². The molecular formula is C13H24. The second-order valence-electron chi connectivity index (χ2n) is 4.26. The first kappa shape index (κ1) is 12.5. The molecule has 0 nitrogen and oxygen atoms in total. The van der Waals surface area contributed by atoms with Crippen molar-refractivity contribution < 1.29 is 0 Å². The van der Waals surface area contributed by atoms with Crippen molar-refractivity contribution in [2.75, 3.05) is 0 Å². The van der Waals surface area contributed by atoms with Crippen LogP contribution in [0.25, 0.3) is 0 Å². The van der Waals surface area contributed by atoms with Gasteiger partial charge in [-0.05, 0) is 25.2 Å². The van der Waals surface area contributed by atoms with Gasteiger partial charge in [-0.2, -0.15) is 0 Å². The summed E-state index contributed by atoms with van der Waals surface area (Å²) >= 11 is 0. The van der Waals surface area contributed by atoms with Gasteiger partial charge >= 0.3 is 0 Å². The highest BCUT2D eigenvalue weighted by Gasteiger charge is 2.08. The van der Waals surface area contributed by atoms with Crippen molar-refractivity contribution in [3.05, 3.63) is 24.3 Å². The van der Waals surface area contributed by atoms with Crippen LogP contribution in [0.2, 0.25) is 0 Å². The first-order valence-corrected chi connectivity index (χ1v) is 5.41. The average Bonchev–Trinajstić information content (AvgIpc) is 2.03. The minimum absolute atomic E-state index is 0.733. The van der Waals surface area contributed by atoms with Crippen molar-refractivity contribution in [3.63, 3.8) is 0 Å². The van der Waals surface area contributed by atoms with Gasteiger partial charge in [0.25, 0.3) is 0 Å². The van der Waals surface area contributed by atoms with Gasteiger partial charge in [-0.15, -0.1) is 0 Å². The molecule has 0 aromatic carbocycles. The monoisotopic (exact) mass is 180 g/mol. The molecule has 0 bridgehead atoms. The second-order valence-corrected chi connectivity index (χ2v) is 4.26. The number of hydrogen-bond donors (Lipinski definition) is 0. The molecule has 0 N–H and O–H groups in total. The average molecular weight is 180 g/mol. The van der Waals surface area contributed by atoms with E-state index in [2.05, 4.69) is 39.5 Å². The van der Waals surface area contributed by atoms with Gasteiger partial charge < -0.3 is 0 Å². The molecule has 13 heavy (non-hydrogen) atoms. The third kappa shape index (κ3) is 6.62. The predicted molar refractivity (Wildman–Crippen MR) is 61.8 cm³/mol. The second kappa shape index (κ2) is 6.94. The summed E-state index contributed by atoms with van der Waals surface area (Å²) in [5, 5.41) is 0. The fourth-order valence-corrected chi connectivity index (χ4v) is 1.38. The van der Waals surface area contributed by atoms with E-state index in [-0.39, 0.29) is 0 Å². The molecule has 1 atom stereocenters. The van der Waals surface area contributed by atoms with E-state index in [0.717, 1.165) is 17.4 Å². The van der Waals surface area contributed by atoms with Gasteiger partial charge in [-0.3, -0.25) is 0 Å². The van der Waals surface area contributed by atoms with Crippen molar-refractivity contribution in [3.8, 4) is 0 Å². The minimum atomic E-state index is 0.733. The van der Waals surface area contributed by atoms with E-state index in [4.69, 9.17) is 0 Å². The molecular weight excluding hydrogens is 156 g/mol. The zero-order chi connectivity index (χ0) is 10.3. The molecule has 0 amide bonds. The molecule has 0 fully saturated rings. The van der Waals surface area contributed by atoms with Crippen LogP contribution in [-0.2, 0) is 0 Å². The van der Waals surface area contributed by atoms with Crippen molar-refractivity contribution >= 4 is 0 Å². The van der Waals surface area contributed by atoms with E-state index >= 15 is 0 Å². The highest BCUT2D eigenvalue weighted by atomic mass is 14.1. The normalized spacial score (nSPS) is 13.9. The minimum Gasteiger partial charge on any atom is -0.0961 e. The zero-order valence-corrected chi connectivity index (χ0v) is 9.64. The fraction of sp³-hybridized carbons (Fsp3) is 0.692. The highest BCUT2D eigenvalue weighted by Crippen LogP contribution is 2.19. The smallest absolute Gasteiger partial charge is 0.0207 e. The molecule has 0 heteroatoms. The number of rotatable bonds is 6. The van der Waals surface area contributed by atoms with Gasteiger partial charge in [-0.1, -0.05) is 57.9 Å². The molecule has 0 aromatic heterocycles. The molecule has 0 heterocycles. The molecule has 0 aromatic rings. The number of allylic oxidation sites excluding steroid dienone is 3. The number of hydrogen-bond acceptors (Lipinski definition) is 0. The summed E-state index contributed by atoms with van der Waals surface area (Å²) in [7, 11) is 0. The molecule has 76 valence electrons. The van der Waals surface area contributed by atoms with Gasteiger partial charge in [0.1, 0.15) is 0 Å². The standard InChI is InChI=1S/C13H24/c1-6-7-8-13(12(4)5)10-9-11(2)3/h9-10,12-13H,2,6-8H2,1,3-5H3. The van der Waals surface area contributed by atoms with E-state index in [1.54, 1.807) is 0 Å². The Morgan fingerprint density at radius 3 is 2.38 bits per heavy atom. The Balaban J connectivity index is 4.01. The SMILES string of the molecule is C=C(C)C=CC(CCCC)C(C)C. The van der Waals surface area contributed by atoms with Crippen LogP contribution in [-0.4, -0.2) is 0 Å². The van der Waals surface area contributed by atoms with Gasteiger partial charge in [0.2, 0.25) is 0 Å². The van der Waals surface area contributed by atoms with Crippen LogP contribution < -0.4 is 0 Å². The molecule has 0 aliphatic heterocycles. The Hall–Kier alpha value is -0.520. The first-order valence-electron chi connectivity index (χ1n) is 5.41. The van der Waals surface area contributed by atoms with Crippen LogP contribution in [0, 0.1) is 11.8 Å². The largest absolute Gasteiger partial charge is 0.0961 e. The molecule has 1 unspecified atom stereocenters. The molecule has 0 spiro atoms. The third-order valence-electron chi connectivity index (χ3n) is 2.38. The van der Waals surface area contributed by atoms with Crippen LogP contribution in [0.3, 0.4) is 0 Å². The van der Waals surface area contributed by atoms with E-state index in [9.17, 15) is 0 Å². The lowest BCUT2D eigenvalue weighted by Gasteiger charge is -2.16. The summed E-state index contributed by atoms with van der Waals surface area (Å²) in [6.07, 6.45) is 8.43. The Morgan fingerprint density at radius 2 is 2.00 bits per heavy atom. The summed E-state index contributed by atoms with van der Waals surface area (Å²) in [5.41, 5.74) is 1.15. The van der Waals surface area contributed by atoms with E-state index in [0.29, 0.717) is 0 Å². The van der Waals surface area contributed by atoms with Gasteiger partial charge in [0, 0.05) is 0 Å². The van der Waals surface area contributed by atoms with Crippen molar-refractivity contribution in [1.29, 1.82) is 0 Å². The molecule has 0 saturated heterocycles. The summed E-state index contributed by atoms with van der Waals surface area (Å²) in [4.78, 5) is 0. The summed E-state index contributed by atoms with van der Waals surface area (Å²) in [6.45, 7) is 12.8. The van der Waals surface area contributed by atoms with E-state index in [1.165, 1.54) is 19.3 Å². The first-order chi connectivity index (χ1) is 6.07. The summed E-state index contributed by atoms with van der Waals surface area (Å²) in [6, 6.07) is 0. The molecule has 0 saturated carbocycles. The summed E-state index contributed by atoms with van der Waals surface area (Å²) < 4.78 is 0. The van der Waals surface area contributed by atoms with E-state index in [1.807, 2.05) is 6.92 Å². The zero-order valence-electron chi connectivity index (χ0n) is 9.64. The molecule has 0 aliphatic rings. The topological polar surface area (TPSA) is 0 Å². The van der Waals surface area contributed by atoms with Gasteiger partial charge in [-0.25, -0.2) is 0 Å². The van der Waals surface area contributed by atoms with Crippen LogP contribution in [0.15, 0.2) is 24.3 Å². The number of unbranched alkanes of at least 4 members (excludes halogenated alkanes) is 1. The Morgan fingerprint density at radius 1 is 1.38 bits per heavy atom. The van der Waals surface area contributed by atoms with Crippen LogP contribution in [0.4, 0.5) is 0 Å². The predicted octanol–water partition coefficient (Wildman–Crippen LogP) is 4.58. The lowest BCUT2D eigenvalue weighted by Crippen LogP contribution is -2.05. The Kier molecular flexibility index (Phi) is 6.66. The molecule has 0 rings (SSSR count). The van der Waals surface area contributed by atoms with Crippen LogP contribution in [0.1, 0.15) is 47.0 Å². The maximum Gasteiger partial charge on any atom is -0.0207 e. The van der Waals surface area contributed by atoms with Gasteiger partial charge in [0.15, 0.2) is 0 Å². The molecule has 0 radical (unpaired) electrons. The van der Waals surface area contributed by atoms with Gasteiger partial charge in [0.05, 0.1) is 0 Å². The van der Waals surface area contributed by atoms with E-state index < -0.39 is 0 Å². The fourth-order valence-electron chi connectivity index (χ4n) is 1.38. The quantitative estimate of drug-likeness (QED) is 0.525. The third-order valence-corrected chi connectivity index (χ3v) is 2.38. The van der Waals surface area contributed by atoms with Crippen LogP contribution >= 0.6 is 0 Å². The summed E-state index contributed by atoms with van der Waals surface area (Å²) in [5.74, 6) is 1.48. The molecule has 0 aliphatic carbocycles. The highest BCUT2D eigenvalue weighted by molar-refractivity contribution is 5.12.